The summed E-state index contributed by atoms with van der Waals surface area (Å²) in [5.41, 5.74) is 2.88. The molecule has 4 rings (SSSR count). The third-order valence-electron chi connectivity index (χ3n) is 6.46. The van der Waals surface area contributed by atoms with E-state index in [1.165, 1.54) is 11.1 Å². The molecule has 1 aromatic rings. The van der Waals surface area contributed by atoms with Gasteiger partial charge in [-0.2, -0.15) is 5.26 Å². The van der Waals surface area contributed by atoms with Crippen LogP contribution in [0, 0.1) is 23.2 Å². The van der Waals surface area contributed by atoms with Gasteiger partial charge in [0.05, 0.1) is 18.0 Å². The molecule has 1 aliphatic carbocycles. The zero-order chi connectivity index (χ0) is 19.5. The minimum atomic E-state index is -0.450. The van der Waals surface area contributed by atoms with Gasteiger partial charge in [-0.1, -0.05) is 24.3 Å². The average molecular weight is 398 g/mol. The van der Waals surface area contributed by atoms with E-state index in [2.05, 4.69) is 35.7 Å². The minimum Gasteiger partial charge on any atom is -0.315 e. The fourth-order valence-electron chi connectivity index (χ4n) is 4.81. The van der Waals surface area contributed by atoms with Gasteiger partial charge in [-0.25, -0.2) is 0 Å². The fourth-order valence-corrected chi connectivity index (χ4v) is 5.89. The highest BCUT2D eigenvalue weighted by molar-refractivity contribution is 7.99. The average Bonchev–Trinajstić information content (AvgIpc) is 3.40. The molecular weight excluding hydrogens is 370 g/mol. The number of hydrogen-bond acceptors (Lipinski definition) is 5. The van der Waals surface area contributed by atoms with E-state index in [-0.39, 0.29) is 23.7 Å². The number of nitriles is 1. The van der Waals surface area contributed by atoms with Crippen molar-refractivity contribution in [3.8, 4) is 6.07 Å². The maximum Gasteiger partial charge on any atom is 0.242 e. The van der Waals surface area contributed by atoms with Gasteiger partial charge in [0.1, 0.15) is 11.8 Å². The highest BCUT2D eigenvalue weighted by Crippen LogP contribution is 2.30. The summed E-state index contributed by atoms with van der Waals surface area (Å²) in [6.45, 7) is 0.696. The van der Waals surface area contributed by atoms with Crippen LogP contribution in [0.4, 0.5) is 0 Å². The third-order valence-corrected chi connectivity index (χ3v) is 7.48. The Morgan fingerprint density at radius 3 is 2.89 bits per heavy atom. The Kier molecular flexibility index (Phi) is 6.03. The Morgan fingerprint density at radius 1 is 1.25 bits per heavy atom. The molecule has 1 aromatic carbocycles. The van der Waals surface area contributed by atoms with Gasteiger partial charge in [0.2, 0.25) is 5.91 Å². The first-order chi connectivity index (χ1) is 13.7. The first kappa shape index (κ1) is 19.5. The van der Waals surface area contributed by atoms with E-state index in [1.54, 1.807) is 16.7 Å². The summed E-state index contributed by atoms with van der Waals surface area (Å²) in [6, 6.07) is 10.0. The molecule has 2 aliphatic heterocycles. The van der Waals surface area contributed by atoms with Crippen molar-refractivity contribution in [3.05, 3.63) is 35.4 Å². The number of ketones is 1. The molecule has 1 N–H and O–H groups in total. The second-order valence-corrected chi connectivity index (χ2v) is 9.16. The fraction of sp³-hybridized carbons (Fsp3) is 0.591. The number of thioether (sulfide) groups is 1. The Balaban J connectivity index is 1.33. The maximum absolute atomic E-state index is 12.9. The second-order valence-electron chi connectivity index (χ2n) is 8.16. The van der Waals surface area contributed by atoms with Gasteiger partial charge in [-0.15, -0.1) is 11.8 Å². The molecule has 3 aliphatic rings. The van der Waals surface area contributed by atoms with Crippen molar-refractivity contribution in [1.29, 1.82) is 5.26 Å². The van der Waals surface area contributed by atoms with Crippen LogP contribution in [-0.2, 0) is 22.4 Å². The first-order valence-electron chi connectivity index (χ1n) is 10.3. The molecule has 0 bridgehead atoms. The summed E-state index contributed by atoms with van der Waals surface area (Å²) >= 11 is 1.60. The van der Waals surface area contributed by atoms with Gasteiger partial charge in [-0.05, 0) is 55.7 Å². The lowest BCUT2D eigenvalue weighted by Gasteiger charge is -2.27. The van der Waals surface area contributed by atoms with Crippen LogP contribution in [0.1, 0.15) is 36.8 Å². The van der Waals surface area contributed by atoms with Crippen LogP contribution in [0.2, 0.25) is 0 Å². The van der Waals surface area contributed by atoms with Crippen LogP contribution in [0.5, 0.6) is 0 Å². The standard InChI is InChI=1S/C22H27N3O2S/c23-12-18-13-28-14-25(18)22(27)21-19(9-10-24-21)20(26)8-6-15-5-7-16-3-1-2-4-17(16)11-15/h1-4,15,18-19,21,24H,5-11,13-14H2/t15-,18+,19?,21+/m0/s1. The van der Waals surface area contributed by atoms with Crippen molar-refractivity contribution >= 4 is 23.5 Å². The highest BCUT2D eigenvalue weighted by atomic mass is 32.2. The third kappa shape index (κ3) is 3.97. The van der Waals surface area contributed by atoms with E-state index in [0.29, 0.717) is 30.5 Å². The maximum atomic E-state index is 12.9. The number of aryl methyl sites for hydroxylation is 1. The Morgan fingerprint density at radius 2 is 2.07 bits per heavy atom. The number of fused-ring (bicyclic) bond motifs is 1. The van der Waals surface area contributed by atoms with Crippen molar-refractivity contribution in [2.45, 2.75) is 50.6 Å². The molecule has 6 heteroatoms. The van der Waals surface area contributed by atoms with Gasteiger partial charge in [-0.3, -0.25) is 9.59 Å². The van der Waals surface area contributed by atoms with Crippen LogP contribution in [-0.4, -0.2) is 46.8 Å². The van der Waals surface area contributed by atoms with Crippen LogP contribution >= 0.6 is 11.8 Å². The van der Waals surface area contributed by atoms with Crippen molar-refractivity contribution in [3.63, 3.8) is 0 Å². The summed E-state index contributed by atoms with van der Waals surface area (Å²) in [7, 11) is 0. The molecule has 2 saturated heterocycles. The number of carbonyl (C=O) groups excluding carboxylic acids is 2. The summed E-state index contributed by atoms with van der Waals surface area (Å²) in [5, 5.41) is 12.5. The van der Waals surface area contributed by atoms with Crippen molar-refractivity contribution in [2.24, 2.45) is 11.8 Å². The zero-order valence-corrected chi connectivity index (χ0v) is 16.9. The number of benzene rings is 1. The van der Waals surface area contributed by atoms with E-state index in [9.17, 15) is 14.9 Å². The van der Waals surface area contributed by atoms with Gasteiger partial charge < -0.3 is 10.2 Å². The zero-order valence-electron chi connectivity index (χ0n) is 16.1. The van der Waals surface area contributed by atoms with Gasteiger partial charge in [0.25, 0.3) is 0 Å². The number of carbonyl (C=O) groups is 2. The molecular formula is C22H27N3O2S. The summed E-state index contributed by atoms with van der Waals surface area (Å²) < 4.78 is 0. The topological polar surface area (TPSA) is 73.2 Å². The van der Waals surface area contributed by atoms with E-state index >= 15 is 0 Å². The number of rotatable bonds is 5. The van der Waals surface area contributed by atoms with Crippen molar-refractivity contribution in [1.82, 2.24) is 10.2 Å². The lowest BCUT2D eigenvalue weighted by Crippen LogP contribution is -2.49. The molecule has 0 aromatic heterocycles. The molecule has 0 saturated carbocycles. The van der Waals surface area contributed by atoms with Crippen LogP contribution in [0.3, 0.4) is 0 Å². The Labute approximate surface area is 170 Å². The van der Waals surface area contributed by atoms with Crippen molar-refractivity contribution in [2.75, 3.05) is 18.2 Å². The van der Waals surface area contributed by atoms with Crippen LogP contribution in [0.15, 0.2) is 24.3 Å². The van der Waals surface area contributed by atoms with Gasteiger partial charge in [0, 0.05) is 18.1 Å². The molecule has 5 nitrogen and oxygen atoms in total. The Hall–Kier alpha value is -1.84. The van der Waals surface area contributed by atoms with Gasteiger partial charge in [0.15, 0.2) is 0 Å². The number of amides is 1. The monoisotopic (exact) mass is 397 g/mol. The SMILES string of the molecule is N#C[C@@H]1CSCN1C(=O)[C@@H]1NCCC1C(=O)CC[C@@H]1CCc2ccccc2C1. The molecule has 0 spiro atoms. The highest BCUT2D eigenvalue weighted by Gasteiger charge is 2.42. The quantitative estimate of drug-likeness (QED) is 0.827. The molecule has 2 fully saturated rings. The summed E-state index contributed by atoms with van der Waals surface area (Å²) in [5.74, 6) is 1.67. The number of nitrogens with zero attached hydrogens (tertiary/aromatic N) is 2. The normalized spacial score (nSPS) is 29.3. The molecule has 1 amide bonds. The number of hydrogen-bond donors (Lipinski definition) is 1. The lowest BCUT2D eigenvalue weighted by atomic mass is 9.80. The van der Waals surface area contributed by atoms with E-state index in [1.807, 2.05) is 0 Å². The predicted octanol–water partition coefficient (Wildman–Crippen LogP) is 2.54. The first-order valence-corrected chi connectivity index (χ1v) is 11.4. The molecule has 28 heavy (non-hydrogen) atoms. The second kappa shape index (κ2) is 8.67. The smallest absolute Gasteiger partial charge is 0.242 e. The van der Waals surface area contributed by atoms with Crippen LogP contribution in [0.25, 0.3) is 0 Å². The number of nitrogens with one attached hydrogen (secondary N) is 1. The molecule has 148 valence electrons. The van der Waals surface area contributed by atoms with Crippen molar-refractivity contribution < 1.29 is 9.59 Å². The molecule has 2 heterocycles. The largest absolute Gasteiger partial charge is 0.315 e. The number of Topliss-reactive ketones (excluding diaryl/α,β-unsaturated/α-hetero) is 1. The molecule has 1 unspecified atom stereocenters. The summed E-state index contributed by atoms with van der Waals surface area (Å²) in [4.78, 5) is 27.5. The van der Waals surface area contributed by atoms with E-state index < -0.39 is 6.04 Å². The van der Waals surface area contributed by atoms with Gasteiger partial charge >= 0.3 is 0 Å². The van der Waals surface area contributed by atoms with Crippen LogP contribution < -0.4 is 5.32 Å². The predicted molar refractivity (Wildman–Crippen MR) is 110 cm³/mol. The molecule has 4 atom stereocenters. The molecule has 0 radical (unpaired) electrons. The lowest BCUT2D eigenvalue weighted by molar-refractivity contribution is -0.137. The Bertz CT molecular complexity index is 790. The van der Waals surface area contributed by atoms with E-state index in [4.69, 9.17) is 0 Å². The van der Waals surface area contributed by atoms with E-state index in [0.717, 1.165) is 32.1 Å². The minimum absolute atomic E-state index is 0.0704. The summed E-state index contributed by atoms with van der Waals surface area (Å²) in [6.07, 6.45) is 5.49.